The number of nitrogens with zero attached hydrogens (tertiary/aromatic N) is 3. The van der Waals surface area contributed by atoms with Gasteiger partial charge in [-0.1, -0.05) is 0 Å². The molecule has 0 aliphatic carbocycles. The lowest BCUT2D eigenvalue weighted by atomic mass is 10.5. The number of aromatic nitrogens is 2. The van der Waals surface area contributed by atoms with Gasteiger partial charge in [-0.05, 0) is 0 Å². The van der Waals surface area contributed by atoms with E-state index in [4.69, 9.17) is 5.73 Å². The SMILES string of the molecule is NCCN1CCN(c2ccn[nH]2)C1=O. The van der Waals surface area contributed by atoms with E-state index in [1.54, 1.807) is 22.1 Å². The maximum Gasteiger partial charge on any atom is 0.325 e. The number of hydrogen-bond acceptors (Lipinski definition) is 3. The molecule has 0 saturated carbocycles. The van der Waals surface area contributed by atoms with Crippen molar-refractivity contribution in [3.05, 3.63) is 12.3 Å². The molecule has 1 saturated heterocycles. The third-order valence-electron chi connectivity index (χ3n) is 2.27. The standard InChI is InChI=1S/C8H13N5O/c9-2-4-12-5-6-13(8(12)14)7-1-3-10-11-7/h1,3H,2,4-6,9H2,(H,10,11). The van der Waals surface area contributed by atoms with Crippen molar-refractivity contribution in [2.24, 2.45) is 5.73 Å². The molecule has 3 N–H and O–H groups in total. The topological polar surface area (TPSA) is 78.2 Å². The highest BCUT2D eigenvalue weighted by Crippen LogP contribution is 2.16. The summed E-state index contributed by atoms with van der Waals surface area (Å²) in [5.74, 6) is 0.745. The van der Waals surface area contributed by atoms with E-state index in [0.717, 1.165) is 12.4 Å². The summed E-state index contributed by atoms with van der Waals surface area (Å²) in [5.41, 5.74) is 5.40. The third-order valence-corrected chi connectivity index (χ3v) is 2.27. The monoisotopic (exact) mass is 195 g/mol. The van der Waals surface area contributed by atoms with Crippen LogP contribution < -0.4 is 10.6 Å². The molecule has 2 rings (SSSR count). The highest BCUT2D eigenvalue weighted by molar-refractivity contribution is 5.93. The van der Waals surface area contributed by atoms with E-state index in [0.29, 0.717) is 19.6 Å². The number of nitrogens with two attached hydrogens (primary N) is 1. The Morgan fingerprint density at radius 1 is 1.57 bits per heavy atom. The fraction of sp³-hybridized carbons (Fsp3) is 0.500. The van der Waals surface area contributed by atoms with Gasteiger partial charge < -0.3 is 10.6 Å². The van der Waals surface area contributed by atoms with Crippen LogP contribution in [0, 0.1) is 0 Å². The first-order chi connectivity index (χ1) is 6.83. The Hall–Kier alpha value is -1.56. The van der Waals surface area contributed by atoms with Gasteiger partial charge in [-0.3, -0.25) is 10.00 Å². The summed E-state index contributed by atoms with van der Waals surface area (Å²) in [4.78, 5) is 15.1. The van der Waals surface area contributed by atoms with Crippen molar-refractivity contribution in [1.82, 2.24) is 15.1 Å². The number of rotatable bonds is 3. The van der Waals surface area contributed by atoms with E-state index < -0.39 is 0 Å². The average molecular weight is 195 g/mol. The fourth-order valence-electron chi connectivity index (χ4n) is 1.57. The molecule has 2 heterocycles. The summed E-state index contributed by atoms with van der Waals surface area (Å²) >= 11 is 0. The number of carbonyl (C=O) groups excluding carboxylic acids is 1. The normalized spacial score (nSPS) is 16.8. The molecule has 0 unspecified atom stereocenters. The molecular formula is C8H13N5O. The maximum absolute atomic E-state index is 11.7. The highest BCUT2D eigenvalue weighted by atomic mass is 16.2. The predicted molar refractivity (Wildman–Crippen MR) is 52.0 cm³/mol. The van der Waals surface area contributed by atoms with Gasteiger partial charge in [-0.25, -0.2) is 4.79 Å². The minimum Gasteiger partial charge on any atom is -0.329 e. The quantitative estimate of drug-likeness (QED) is 0.689. The van der Waals surface area contributed by atoms with Crippen molar-refractivity contribution in [3.8, 4) is 0 Å². The molecule has 2 amide bonds. The molecule has 0 spiro atoms. The lowest BCUT2D eigenvalue weighted by Crippen LogP contribution is -2.35. The average Bonchev–Trinajstić information content (AvgIpc) is 2.77. The number of H-pyrrole nitrogens is 1. The Labute approximate surface area is 81.7 Å². The van der Waals surface area contributed by atoms with Crippen LogP contribution in [0.1, 0.15) is 0 Å². The number of anilines is 1. The molecule has 1 fully saturated rings. The molecular weight excluding hydrogens is 182 g/mol. The molecule has 14 heavy (non-hydrogen) atoms. The third kappa shape index (κ3) is 1.44. The van der Waals surface area contributed by atoms with E-state index in [1.807, 2.05) is 0 Å². The number of amides is 2. The van der Waals surface area contributed by atoms with Crippen molar-refractivity contribution < 1.29 is 4.79 Å². The van der Waals surface area contributed by atoms with Gasteiger partial charge in [0.15, 0.2) is 0 Å². The molecule has 1 aliphatic heterocycles. The second kappa shape index (κ2) is 3.67. The second-order valence-electron chi connectivity index (χ2n) is 3.15. The van der Waals surface area contributed by atoms with E-state index >= 15 is 0 Å². The summed E-state index contributed by atoms with van der Waals surface area (Å²) in [6.45, 7) is 2.54. The molecule has 1 aromatic rings. The first-order valence-corrected chi connectivity index (χ1v) is 4.59. The zero-order valence-electron chi connectivity index (χ0n) is 7.81. The van der Waals surface area contributed by atoms with Crippen LogP contribution in [0.5, 0.6) is 0 Å². The van der Waals surface area contributed by atoms with Crippen LogP contribution in [0.4, 0.5) is 10.6 Å². The number of aromatic amines is 1. The van der Waals surface area contributed by atoms with E-state index in [1.165, 1.54) is 0 Å². The van der Waals surface area contributed by atoms with Gasteiger partial charge in [-0.2, -0.15) is 5.10 Å². The Kier molecular flexibility index (Phi) is 2.36. The molecule has 6 heteroatoms. The fourth-order valence-corrected chi connectivity index (χ4v) is 1.57. The van der Waals surface area contributed by atoms with Crippen molar-refractivity contribution in [1.29, 1.82) is 0 Å². The Bertz CT molecular complexity index is 310. The van der Waals surface area contributed by atoms with Crippen molar-refractivity contribution >= 4 is 11.8 Å². The first kappa shape index (κ1) is 9.01. The lowest BCUT2D eigenvalue weighted by Gasteiger charge is -2.16. The van der Waals surface area contributed by atoms with Gasteiger partial charge in [0.25, 0.3) is 0 Å². The minimum absolute atomic E-state index is 0.000278. The van der Waals surface area contributed by atoms with Crippen LogP contribution in [0.3, 0.4) is 0 Å². The van der Waals surface area contributed by atoms with Crippen LogP contribution >= 0.6 is 0 Å². The van der Waals surface area contributed by atoms with E-state index in [9.17, 15) is 4.79 Å². The van der Waals surface area contributed by atoms with Crippen LogP contribution in [0.15, 0.2) is 12.3 Å². The predicted octanol–water partition coefficient (Wildman–Crippen LogP) is -0.390. The van der Waals surface area contributed by atoms with Gasteiger partial charge in [0.2, 0.25) is 0 Å². The Morgan fingerprint density at radius 3 is 3.07 bits per heavy atom. The molecule has 1 aliphatic rings. The summed E-state index contributed by atoms with van der Waals surface area (Å²) in [6.07, 6.45) is 1.63. The largest absolute Gasteiger partial charge is 0.329 e. The van der Waals surface area contributed by atoms with E-state index in [2.05, 4.69) is 10.2 Å². The second-order valence-corrected chi connectivity index (χ2v) is 3.15. The molecule has 1 aromatic heterocycles. The number of nitrogens with one attached hydrogen (secondary N) is 1. The molecule has 0 atom stereocenters. The molecule has 6 nitrogen and oxygen atoms in total. The van der Waals surface area contributed by atoms with Gasteiger partial charge in [0, 0.05) is 32.2 Å². The van der Waals surface area contributed by atoms with Crippen LogP contribution in [-0.4, -0.2) is 47.3 Å². The Balaban J connectivity index is 2.07. The zero-order chi connectivity index (χ0) is 9.97. The van der Waals surface area contributed by atoms with Gasteiger partial charge in [0.05, 0.1) is 6.20 Å². The lowest BCUT2D eigenvalue weighted by molar-refractivity contribution is 0.222. The van der Waals surface area contributed by atoms with Crippen molar-refractivity contribution in [2.75, 3.05) is 31.1 Å². The molecule has 76 valence electrons. The van der Waals surface area contributed by atoms with Gasteiger partial charge in [0.1, 0.15) is 5.82 Å². The maximum atomic E-state index is 11.7. The highest BCUT2D eigenvalue weighted by Gasteiger charge is 2.29. The summed E-state index contributed by atoms with van der Waals surface area (Å²) in [5, 5.41) is 6.58. The first-order valence-electron chi connectivity index (χ1n) is 4.59. The van der Waals surface area contributed by atoms with Gasteiger partial charge in [-0.15, -0.1) is 0 Å². The summed E-state index contributed by atoms with van der Waals surface area (Å²) in [6, 6.07) is 1.78. The smallest absolute Gasteiger partial charge is 0.325 e. The van der Waals surface area contributed by atoms with Crippen molar-refractivity contribution in [3.63, 3.8) is 0 Å². The van der Waals surface area contributed by atoms with Crippen LogP contribution in [0.2, 0.25) is 0 Å². The van der Waals surface area contributed by atoms with Crippen LogP contribution in [0.25, 0.3) is 0 Å². The van der Waals surface area contributed by atoms with Crippen molar-refractivity contribution in [2.45, 2.75) is 0 Å². The number of urea groups is 1. The summed E-state index contributed by atoms with van der Waals surface area (Å²) < 4.78 is 0. The van der Waals surface area contributed by atoms with Gasteiger partial charge >= 0.3 is 6.03 Å². The molecule has 0 bridgehead atoms. The number of hydrogen-bond donors (Lipinski definition) is 2. The number of carbonyl (C=O) groups is 1. The molecule has 0 radical (unpaired) electrons. The minimum atomic E-state index is -0.000278. The van der Waals surface area contributed by atoms with Crippen LogP contribution in [-0.2, 0) is 0 Å². The van der Waals surface area contributed by atoms with E-state index in [-0.39, 0.29) is 6.03 Å². The Morgan fingerprint density at radius 2 is 2.43 bits per heavy atom. The summed E-state index contributed by atoms with van der Waals surface area (Å²) in [7, 11) is 0. The zero-order valence-corrected chi connectivity index (χ0v) is 7.81. The molecule has 0 aromatic carbocycles.